The van der Waals surface area contributed by atoms with Gasteiger partial charge in [-0.2, -0.15) is 4.68 Å². The first-order chi connectivity index (χ1) is 12.1. The molecule has 0 aliphatic rings. The number of nitrogens with zero attached hydrogens (tertiary/aromatic N) is 4. The fraction of sp³-hybridized carbons (Fsp3) is 0.176. The number of nitrogens with one attached hydrogen (secondary N) is 1. The molecule has 25 heavy (non-hydrogen) atoms. The third-order valence-corrected chi connectivity index (χ3v) is 4.74. The van der Waals surface area contributed by atoms with Crippen molar-refractivity contribution in [2.75, 3.05) is 12.3 Å². The Hall–Kier alpha value is -2.38. The molecule has 0 bridgehead atoms. The van der Waals surface area contributed by atoms with Gasteiger partial charge in [0.15, 0.2) is 5.82 Å². The highest BCUT2D eigenvalue weighted by Gasteiger charge is 2.07. The maximum Gasteiger partial charge on any atom is 0.251 e. The molecule has 0 aliphatic carbocycles. The van der Waals surface area contributed by atoms with Gasteiger partial charge in [0, 0.05) is 27.8 Å². The van der Waals surface area contributed by atoms with E-state index in [2.05, 4.69) is 20.8 Å². The Bertz CT molecular complexity index is 848. The molecule has 0 radical (unpaired) electrons. The zero-order valence-corrected chi connectivity index (χ0v) is 15.1. The Morgan fingerprint density at radius 3 is 2.52 bits per heavy atom. The van der Waals surface area contributed by atoms with Crippen molar-refractivity contribution in [2.45, 2.75) is 11.8 Å². The summed E-state index contributed by atoms with van der Waals surface area (Å²) >= 11 is 7.53. The van der Waals surface area contributed by atoms with Crippen LogP contribution in [0, 0.1) is 6.92 Å². The van der Waals surface area contributed by atoms with Gasteiger partial charge >= 0.3 is 0 Å². The maximum atomic E-state index is 12.2. The highest BCUT2D eigenvalue weighted by Crippen LogP contribution is 2.19. The van der Waals surface area contributed by atoms with Crippen molar-refractivity contribution in [1.29, 1.82) is 0 Å². The summed E-state index contributed by atoms with van der Waals surface area (Å²) in [5.74, 6) is 1.38. The van der Waals surface area contributed by atoms with Gasteiger partial charge in [0.2, 0.25) is 0 Å². The lowest BCUT2D eigenvalue weighted by Gasteiger charge is -2.07. The van der Waals surface area contributed by atoms with Gasteiger partial charge in [-0.25, -0.2) is 0 Å². The Morgan fingerprint density at radius 1 is 1.16 bits per heavy atom. The number of hydrogen-bond acceptors (Lipinski definition) is 5. The highest BCUT2D eigenvalue weighted by atomic mass is 35.5. The van der Waals surface area contributed by atoms with E-state index in [-0.39, 0.29) is 5.91 Å². The van der Waals surface area contributed by atoms with E-state index in [1.54, 1.807) is 28.6 Å². The summed E-state index contributed by atoms with van der Waals surface area (Å²) in [5.41, 5.74) is 1.42. The average molecular weight is 374 g/mol. The van der Waals surface area contributed by atoms with Crippen LogP contribution in [0.5, 0.6) is 0 Å². The van der Waals surface area contributed by atoms with E-state index >= 15 is 0 Å². The van der Waals surface area contributed by atoms with Crippen molar-refractivity contribution >= 4 is 29.3 Å². The summed E-state index contributed by atoms with van der Waals surface area (Å²) < 4.78 is 1.62. The molecule has 3 rings (SSSR count). The molecule has 0 saturated heterocycles. The molecular formula is C17H16ClN5OS. The van der Waals surface area contributed by atoms with E-state index in [1.165, 1.54) is 0 Å². The van der Waals surface area contributed by atoms with Crippen LogP contribution in [-0.2, 0) is 0 Å². The van der Waals surface area contributed by atoms with Crippen LogP contribution in [0.3, 0.4) is 0 Å². The van der Waals surface area contributed by atoms with E-state index < -0.39 is 0 Å². The van der Waals surface area contributed by atoms with Crippen molar-refractivity contribution < 1.29 is 4.79 Å². The number of hydrogen-bond donors (Lipinski definition) is 1. The van der Waals surface area contributed by atoms with Gasteiger partial charge in [0.25, 0.3) is 5.91 Å². The van der Waals surface area contributed by atoms with Crippen LogP contribution in [0.15, 0.2) is 53.4 Å². The number of amides is 1. The number of tetrazole rings is 1. The third kappa shape index (κ3) is 4.58. The van der Waals surface area contributed by atoms with Gasteiger partial charge in [-0.1, -0.05) is 11.6 Å². The number of halogens is 1. The van der Waals surface area contributed by atoms with Gasteiger partial charge in [0.1, 0.15) is 0 Å². The smallest absolute Gasteiger partial charge is 0.251 e. The lowest BCUT2D eigenvalue weighted by Crippen LogP contribution is -2.25. The number of thioether (sulfide) groups is 1. The predicted molar refractivity (Wildman–Crippen MR) is 98.4 cm³/mol. The molecule has 1 heterocycles. The molecular weight excluding hydrogens is 358 g/mol. The molecule has 128 valence electrons. The number of carbonyl (C=O) groups excluding carboxylic acids is 1. The normalized spacial score (nSPS) is 10.6. The van der Waals surface area contributed by atoms with Crippen LogP contribution in [0.25, 0.3) is 5.69 Å². The average Bonchev–Trinajstić information content (AvgIpc) is 3.06. The number of aromatic nitrogens is 4. The number of aryl methyl sites for hydroxylation is 1. The fourth-order valence-electron chi connectivity index (χ4n) is 2.19. The molecule has 0 atom stereocenters. The van der Waals surface area contributed by atoms with Crippen LogP contribution in [-0.4, -0.2) is 38.4 Å². The third-order valence-electron chi connectivity index (χ3n) is 3.47. The summed E-state index contributed by atoms with van der Waals surface area (Å²) in [6, 6.07) is 14.8. The van der Waals surface area contributed by atoms with E-state index in [0.717, 1.165) is 21.4 Å². The number of rotatable bonds is 6. The van der Waals surface area contributed by atoms with Gasteiger partial charge in [0.05, 0.1) is 5.69 Å². The second-order valence-corrected chi connectivity index (χ2v) is 6.85. The summed E-state index contributed by atoms with van der Waals surface area (Å²) in [6.45, 7) is 2.40. The maximum absolute atomic E-state index is 12.2. The van der Waals surface area contributed by atoms with E-state index in [9.17, 15) is 4.79 Å². The van der Waals surface area contributed by atoms with E-state index in [1.807, 2.05) is 43.3 Å². The molecule has 0 fully saturated rings. The molecule has 1 amide bonds. The lowest BCUT2D eigenvalue weighted by atomic mass is 10.2. The molecule has 0 saturated carbocycles. The quantitative estimate of drug-likeness (QED) is 0.530. The van der Waals surface area contributed by atoms with Gasteiger partial charge in [-0.3, -0.25) is 4.79 Å². The number of carbonyl (C=O) groups is 1. The van der Waals surface area contributed by atoms with Crippen molar-refractivity contribution in [1.82, 2.24) is 25.5 Å². The van der Waals surface area contributed by atoms with Crippen LogP contribution in [0.2, 0.25) is 5.02 Å². The minimum Gasteiger partial charge on any atom is -0.351 e. The molecule has 8 heteroatoms. The second kappa shape index (κ2) is 8.13. The molecule has 1 N–H and O–H groups in total. The van der Waals surface area contributed by atoms with Gasteiger partial charge in [-0.15, -0.1) is 16.9 Å². The summed E-state index contributed by atoms with van der Waals surface area (Å²) in [7, 11) is 0. The minimum absolute atomic E-state index is 0.100. The van der Waals surface area contributed by atoms with Crippen molar-refractivity contribution in [3.05, 3.63) is 64.9 Å². The summed E-state index contributed by atoms with van der Waals surface area (Å²) in [4.78, 5) is 13.3. The monoisotopic (exact) mass is 373 g/mol. The van der Waals surface area contributed by atoms with E-state index in [0.29, 0.717) is 17.9 Å². The first-order valence-electron chi connectivity index (χ1n) is 7.65. The molecule has 2 aromatic carbocycles. The molecule has 0 aliphatic heterocycles. The van der Waals surface area contributed by atoms with Crippen molar-refractivity contribution in [2.24, 2.45) is 0 Å². The highest BCUT2D eigenvalue weighted by molar-refractivity contribution is 7.99. The van der Waals surface area contributed by atoms with Crippen LogP contribution >= 0.6 is 23.4 Å². The van der Waals surface area contributed by atoms with Crippen molar-refractivity contribution in [3.63, 3.8) is 0 Å². The molecule has 6 nitrogen and oxygen atoms in total. The van der Waals surface area contributed by atoms with Crippen LogP contribution in [0.4, 0.5) is 0 Å². The molecule has 0 unspecified atom stereocenters. The lowest BCUT2D eigenvalue weighted by molar-refractivity contribution is 0.0956. The van der Waals surface area contributed by atoms with Gasteiger partial charge in [-0.05, 0) is 65.9 Å². The molecule has 0 spiro atoms. The fourth-order valence-corrected chi connectivity index (χ4v) is 3.08. The Balaban J connectivity index is 1.50. The first kappa shape index (κ1) is 17.4. The standard InChI is InChI=1S/C17H16ClN5OS/c1-12-20-21-22-23(12)15-6-2-13(3-7-15)17(24)19-10-11-25-16-8-4-14(18)5-9-16/h2-9H,10-11H2,1H3,(H,19,24). The van der Waals surface area contributed by atoms with Gasteiger partial charge < -0.3 is 5.32 Å². The second-order valence-electron chi connectivity index (χ2n) is 5.24. The SMILES string of the molecule is Cc1nnnn1-c1ccc(C(=O)NCCSc2ccc(Cl)cc2)cc1. The summed E-state index contributed by atoms with van der Waals surface area (Å²) in [6.07, 6.45) is 0. The zero-order chi connectivity index (χ0) is 17.6. The molecule has 3 aromatic rings. The van der Waals surface area contributed by atoms with Crippen molar-refractivity contribution in [3.8, 4) is 5.69 Å². The molecule has 1 aromatic heterocycles. The zero-order valence-electron chi connectivity index (χ0n) is 13.5. The Morgan fingerprint density at radius 2 is 1.88 bits per heavy atom. The first-order valence-corrected chi connectivity index (χ1v) is 9.02. The van der Waals surface area contributed by atoms with Crippen LogP contribution in [0.1, 0.15) is 16.2 Å². The topological polar surface area (TPSA) is 72.7 Å². The summed E-state index contributed by atoms with van der Waals surface area (Å²) in [5, 5.41) is 15.0. The largest absolute Gasteiger partial charge is 0.351 e. The minimum atomic E-state index is -0.100. The van der Waals surface area contributed by atoms with Crippen LogP contribution < -0.4 is 5.32 Å². The number of benzene rings is 2. The Labute approximate surface area is 154 Å². The van der Waals surface area contributed by atoms with E-state index in [4.69, 9.17) is 11.6 Å². The Kier molecular flexibility index (Phi) is 5.67. The predicted octanol–water partition coefficient (Wildman–Crippen LogP) is 3.15.